The first-order valence-electron chi connectivity index (χ1n) is 4.62. The van der Waals surface area contributed by atoms with Crippen molar-refractivity contribution in [3.05, 3.63) is 48.5 Å². The molecule has 0 saturated heterocycles. The van der Waals surface area contributed by atoms with Gasteiger partial charge in [-0.05, 0) is 0 Å². The van der Waals surface area contributed by atoms with E-state index in [1.54, 1.807) is 0 Å². The molecule has 1 aliphatic rings. The van der Waals surface area contributed by atoms with Crippen molar-refractivity contribution >= 4 is 46.4 Å². The molecule has 0 aromatic heterocycles. The van der Waals surface area contributed by atoms with Crippen molar-refractivity contribution in [3.8, 4) is 11.1 Å². The first-order chi connectivity index (χ1) is 7.21. The quantitative estimate of drug-likeness (QED) is 0.606. The van der Waals surface area contributed by atoms with E-state index in [4.69, 9.17) is 0 Å². The molecule has 76 valence electrons. The Labute approximate surface area is 105 Å². The molecule has 0 spiro atoms. The number of benzene rings is 2. The second-order valence-electron chi connectivity index (χ2n) is 3.46. The van der Waals surface area contributed by atoms with Crippen LogP contribution < -0.4 is 8.92 Å². The van der Waals surface area contributed by atoms with Crippen molar-refractivity contribution in [2.45, 2.75) is 0 Å². The van der Waals surface area contributed by atoms with Gasteiger partial charge in [-0.3, -0.25) is 0 Å². The molecule has 0 nitrogen and oxygen atoms in total. The Morgan fingerprint density at radius 1 is 0.667 bits per heavy atom. The number of halogens is 2. The molecular formula is C12H8Br2Se. The van der Waals surface area contributed by atoms with E-state index in [0.29, 0.717) is 0 Å². The molecule has 0 aliphatic carbocycles. The fourth-order valence-electron chi connectivity index (χ4n) is 1.94. The average Bonchev–Trinajstić information content (AvgIpc) is 2.51. The van der Waals surface area contributed by atoms with Crippen LogP contribution in [0.15, 0.2) is 48.5 Å². The molecule has 0 bridgehead atoms. The van der Waals surface area contributed by atoms with Gasteiger partial charge in [0.2, 0.25) is 0 Å². The molecule has 0 fully saturated rings. The van der Waals surface area contributed by atoms with Crippen LogP contribution in [-0.2, 0) is 0 Å². The van der Waals surface area contributed by atoms with E-state index in [2.05, 4.69) is 76.8 Å². The summed E-state index contributed by atoms with van der Waals surface area (Å²) in [5.74, 6) is 0. The summed E-state index contributed by atoms with van der Waals surface area (Å²) in [7, 11) is -1.95. The molecule has 1 aliphatic heterocycles. The third-order valence-corrected chi connectivity index (χ3v) is 13.7. The zero-order valence-corrected chi connectivity index (χ0v) is 12.7. The summed E-state index contributed by atoms with van der Waals surface area (Å²) in [4.78, 5) is 0. The summed E-state index contributed by atoms with van der Waals surface area (Å²) in [5, 5.41) is 0. The molecule has 2 aromatic rings. The van der Waals surface area contributed by atoms with Crippen molar-refractivity contribution in [2.75, 3.05) is 0 Å². The predicted molar refractivity (Wildman–Crippen MR) is 74.8 cm³/mol. The molecule has 0 unspecified atom stereocenters. The fourth-order valence-corrected chi connectivity index (χ4v) is 11.3. The summed E-state index contributed by atoms with van der Waals surface area (Å²) in [6, 6.07) is 17.3. The zero-order valence-electron chi connectivity index (χ0n) is 7.78. The monoisotopic (exact) mass is 390 g/mol. The summed E-state index contributed by atoms with van der Waals surface area (Å²) < 4.78 is 2.88. The van der Waals surface area contributed by atoms with Gasteiger partial charge < -0.3 is 0 Å². The van der Waals surface area contributed by atoms with E-state index in [0.717, 1.165) is 0 Å². The van der Waals surface area contributed by atoms with Crippen LogP contribution in [0.25, 0.3) is 11.1 Å². The van der Waals surface area contributed by atoms with E-state index in [9.17, 15) is 0 Å². The second kappa shape index (κ2) is 3.46. The predicted octanol–water partition coefficient (Wildman–Crippen LogP) is 3.01. The minimum absolute atomic E-state index is 1.38. The third-order valence-electron chi connectivity index (χ3n) is 2.62. The number of hydrogen-bond acceptors (Lipinski definition) is 0. The van der Waals surface area contributed by atoms with E-state index in [1.165, 1.54) is 20.1 Å². The Morgan fingerprint density at radius 3 is 1.53 bits per heavy atom. The van der Waals surface area contributed by atoms with Crippen molar-refractivity contribution in [1.29, 1.82) is 0 Å². The van der Waals surface area contributed by atoms with E-state index >= 15 is 0 Å². The van der Waals surface area contributed by atoms with Gasteiger partial charge in [0, 0.05) is 0 Å². The standard InChI is InChI=1S/C12H8Br2Se/c13-15(14)11-7-3-1-5-9(11)10-6-2-4-8-12(10)15/h1-8H. The Bertz CT molecular complexity index is 487. The van der Waals surface area contributed by atoms with Gasteiger partial charge in [0.05, 0.1) is 0 Å². The first-order valence-corrected chi connectivity index (χ1v) is 14.4. The Hall–Kier alpha value is -0.0805. The van der Waals surface area contributed by atoms with Crippen LogP contribution in [0, 0.1) is 0 Å². The fraction of sp³-hybridized carbons (Fsp3) is 0. The molecule has 3 rings (SSSR count). The van der Waals surface area contributed by atoms with Crippen LogP contribution >= 0.6 is 28.2 Å². The Morgan fingerprint density at radius 2 is 1.07 bits per heavy atom. The molecule has 0 N–H and O–H groups in total. The molecule has 3 heteroatoms. The maximum atomic E-state index is 3.91. The molecule has 15 heavy (non-hydrogen) atoms. The van der Waals surface area contributed by atoms with Gasteiger partial charge in [-0.25, -0.2) is 0 Å². The van der Waals surface area contributed by atoms with Gasteiger partial charge in [0.1, 0.15) is 0 Å². The van der Waals surface area contributed by atoms with Crippen LogP contribution in [-0.4, -0.2) is 9.23 Å². The number of hydrogen-bond donors (Lipinski definition) is 0. The molecule has 0 amide bonds. The van der Waals surface area contributed by atoms with Gasteiger partial charge in [-0.2, -0.15) is 0 Å². The normalized spacial score (nSPS) is 18.0. The van der Waals surface area contributed by atoms with E-state index in [-0.39, 0.29) is 0 Å². The van der Waals surface area contributed by atoms with Gasteiger partial charge >= 0.3 is 106 Å². The van der Waals surface area contributed by atoms with E-state index < -0.39 is 9.23 Å². The summed E-state index contributed by atoms with van der Waals surface area (Å²) in [5.41, 5.74) is 2.75. The number of fused-ring (bicyclic) bond motifs is 3. The molecule has 0 saturated carbocycles. The van der Waals surface area contributed by atoms with Crippen molar-refractivity contribution < 1.29 is 0 Å². The first kappa shape index (κ1) is 10.1. The van der Waals surface area contributed by atoms with Crippen molar-refractivity contribution in [1.82, 2.24) is 0 Å². The summed E-state index contributed by atoms with van der Waals surface area (Å²) in [6.07, 6.45) is 0. The van der Waals surface area contributed by atoms with Crippen LogP contribution in [0.2, 0.25) is 0 Å². The summed E-state index contributed by atoms with van der Waals surface area (Å²) >= 11 is 7.83. The van der Waals surface area contributed by atoms with Crippen molar-refractivity contribution in [3.63, 3.8) is 0 Å². The Kier molecular flexibility index (Phi) is 2.33. The van der Waals surface area contributed by atoms with Crippen LogP contribution in [0.3, 0.4) is 0 Å². The molecule has 2 aromatic carbocycles. The SMILES string of the molecule is Br[Se]1(Br)c2ccccc2-c2ccccc21. The van der Waals surface area contributed by atoms with Gasteiger partial charge in [-0.1, -0.05) is 0 Å². The van der Waals surface area contributed by atoms with Gasteiger partial charge in [-0.15, -0.1) is 0 Å². The second-order valence-corrected chi connectivity index (χ2v) is 21.9. The minimum atomic E-state index is -1.95. The zero-order chi connectivity index (χ0) is 10.5. The third kappa shape index (κ3) is 1.38. The molecule has 0 radical (unpaired) electrons. The van der Waals surface area contributed by atoms with Crippen LogP contribution in [0.1, 0.15) is 0 Å². The van der Waals surface area contributed by atoms with Crippen molar-refractivity contribution in [2.24, 2.45) is 0 Å². The van der Waals surface area contributed by atoms with E-state index in [1.807, 2.05) is 0 Å². The Balaban J connectivity index is 2.42. The number of rotatable bonds is 0. The molecule has 1 heterocycles. The van der Waals surface area contributed by atoms with Crippen LogP contribution in [0.5, 0.6) is 0 Å². The van der Waals surface area contributed by atoms with Gasteiger partial charge in [0.15, 0.2) is 0 Å². The molecular weight excluding hydrogens is 383 g/mol. The molecule has 0 atom stereocenters. The summed E-state index contributed by atoms with van der Waals surface area (Å²) in [6.45, 7) is 0. The topological polar surface area (TPSA) is 0 Å². The average molecular weight is 391 g/mol. The maximum absolute atomic E-state index is 3.91. The van der Waals surface area contributed by atoms with Gasteiger partial charge in [0.25, 0.3) is 0 Å². The van der Waals surface area contributed by atoms with Crippen LogP contribution in [0.4, 0.5) is 0 Å².